The van der Waals surface area contributed by atoms with E-state index in [-0.39, 0.29) is 30.0 Å². The summed E-state index contributed by atoms with van der Waals surface area (Å²) in [4.78, 5) is 23.9. The second kappa shape index (κ2) is 6.55. The Morgan fingerprint density at radius 1 is 1.36 bits per heavy atom. The van der Waals surface area contributed by atoms with Crippen LogP contribution >= 0.6 is 0 Å². The number of hydrogen-bond donors (Lipinski definition) is 1. The Labute approximate surface area is 127 Å². The largest absolute Gasteiger partial charge is 0.348 e. The van der Waals surface area contributed by atoms with E-state index in [1.54, 1.807) is 26.1 Å². The van der Waals surface area contributed by atoms with Gasteiger partial charge in [-0.25, -0.2) is 13.9 Å². The lowest BCUT2D eigenvalue weighted by molar-refractivity contribution is -0.122. The number of halogens is 1. The van der Waals surface area contributed by atoms with Gasteiger partial charge in [0.05, 0.1) is 6.04 Å². The fourth-order valence-electron chi connectivity index (χ4n) is 2.19. The van der Waals surface area contributed by atoms with E-state index in [2.05, 4.69) is 10.4 Å². The molecule has 1 amide bonds. The van der Waals surface area contributed by atoms with Crippen molar-refractivity contribution in [3.8, 4) is 0 Å². The van der Waals surface area contributed by atoms with Crippen molar-refractivity contribution < 1.29 is 9.18 Å². The standard InChI is InChI=1S/C15H19FN4O2/c1-4-13(11-5-7-12(16)8-6-11)17-14(21)9-20-15(22)19(3)10(2)18-20/h5-8,13H,4,9H2,1-3H3,(H,17,21). The molecular weight excluding hydrogens is 287 g/mol. The molecule has 1 N–H and O–H groups in total. The molecule has 0 radical (unpaired) electrons. The Kier molecular flexibility index (Phi) is 4.75. The maximum Gasteiger partial charge on any atom is 0.346 e. The molecule has 6 nitrogen and oxygen atoms in total. The van der Waals surface area contributed by atoms with Crippen LogP contribution in [0.4, 0.5) is 4.39 Å². The summed E-state index contributed by atoms with van der Waals surface area (Å²) >= 11 is 0. The summed E-state index contributed by atoms with van der Waals surface area (Å²) in [5.41, 5.74) is 0.490. The summed E-state index contributed by atoms with van der Waals surface area (Å²) in [5.74, 6) is -0.0832. The van der Waals surface area contributed by atoms with E-state index in [1.165, 1.54) is 16.7 Å². The van der Waals surface area contributed by atoms with Crippen LogP contribution in [0.1, 0.15) is 30.8 Å². The Balaban J connectivity index is 2.08. The molecule has 1 heterocycles. The van der Waals surface area contributed by atoms with Crippen LogP contribution in [-0.2, 0) is 18.4 Å². The first kappa shape index (κ1) is 15.9. The summed E-state index contributed by atoms with van der Waals surface area (Å²) in [5, 5.41) is 6.86. The molecule has 1 unspecified atom stereocenters. The van der Waals surface area contributed by atoms with Gasteiger partial charge in [0.1, 0.15) is 18.2 Å². The fraction of sp³-hybridized carbons (Fsp3) is 0.400. The lowest BCUT2D eigenvalue weighted by Gasteiger charge is -2.17. The molecule has 0 fully saturated rings. The molecule has 0 saturated carbocycles. The van der Waals surface area contributed by atoms with Crippen molar-refractivity contribution in [2.45, 2.75) is 32.9 Å². The molecule has 118 valence electrons. The molecule has 0 saturated heterocycles. The number of aryl methyl sites for hydroxylation is 1. The number of carbonyl (C=O) groups excluding carboxylic acids is 1. The molecule has 7 heteroatoms. The minimum absolute atomic E-state index is 0.141. The monoisotopic (exact) mass is 306 g/mol. The molecular formula is C15H19FN4O2. The zero-order chi connectivity index (χ0) is 16.3. The van der Waals surface area contributed by atoms with Gasteiger partial charge in [0.2, 0.25) is 5.91 Å². The van der Waals surface area contributed by atoms with Crippen LogP contribution in [-0.4, -0.2) is 20.3 Å². The predicted molar refractivity (Wildman–Crippen MR) is 79.8 cm³/mol. The molecule has 22 heavy (non-hydrogen) atoms. The number of amides is 1. The summed E-state index contributed by atoms with van der Waals surface area (Å²) < 4.78 is 15.5. The Morgan fingerprint density at radius 2 is 2.00 bits per heavy atom. The van der Waals surface area contributed by atoms with E-state index >= 15 is 0 Å². The number of rotatable bonds is 5. The second-order valence-corrected chi connectivity index (χ2v) is 5.13. The molecule has 1 atom stereocenters. The van der Waals surface area contributed by atoms with Gasteiger partial charge in [0, 0.05) is 7.05 Å². The summed E-state index contributed by atoms with van der Waals surface area (Å²) in [6.45, 7) is 3.48. The van der Waals surface area contributed by atoms with Gasteiger partial charge in [-0.3, -0.25) is 9.36 Å². The van der Waals surface area contributed by atoms with Gasteiger partial charge in [-0.05, 0) is 31.0 Å². The fourth-order valence-corrected chi connectivity index (χ4v) is 2.19. The van der Waals surface area contributed by atoms with Gasteiger partial charge in [0.25, 0.3) is 0 Å². The van der Waals surface area contributed by atoms with Gasteiger partial charge in [-0.1, -0.05) is 19.1 Å². The maximum absolute atomic E-state index is 13.0. The number of nitrogens with zero attached hydrogens (tertiary/aromatic N) is 3. The number of nitrogens with one attached hydrogen (secondary N) is 1. The van der Waals surface area contributed by atoms with E-state index in [4.69, 9.17) is 0 Å². The van der Waals surface area contributed by atoms with Crippen molar-refractivity contribution in [3.63, 3.8) is 0 Å². The Bertz CT molecular complexity index is 718. The average Bonchev–Trinajstić information content (AvgIpc) is 2.73. The van der Waals surface area contributed by atoms with Gasteiger partial charge in [0.15, 0.2) is 0 Å². The molecule has 0 aliphatic carbocycles. The highest BCUT2D eigenvalue weighted by Gasteiger charge is 2.15. The minimum atomic E-state index is -0.331. The summed E-state index contributed by atoms with van der Waals surface area (Å²) in [6.07, 6.45) is 0.660. The van der Waals surface area contributed by atoms with E-state index in [9.17, 15) is 14.0 Å². The molecule has 0 spiro atoms. The molecule has 2 rings (SSSR count). The maximum atomic E-state index is 13.0. The van der Waals surface area contributed by atoms with Crippen LogP contribution in [0.15, 0.2) is 29.1 Å². The predicted octanol–water partition coefficient (Wildman–Crippen LogP) is 1.30. The van der Waals surface area contributed by atoms with Crippen molar-refractivity contribution in [1.29, 1.82) is 0 Å². The number of aromatic nitrogens is 3. The molecule has 0 aliphatic heterocycles. The van der Waals surface area contributed by atoms with Crippen molar-refractivity contribution in [2.75, 3.05) is 0 Å². The summed E-state index contributed by atoms with van der Waals surface area (Å²) in [7, 11) is 1.60. The average molecular weight is 306 g/mol. The number of hydrogen-bond acceptors (Lipinski definition) is 3. The normalized spacial score (nSPS) is 12.2. The Morgan fingerprint density at radius 3 is 2.50 bits per heavy atom. The smallest absolute Gasteiger partial charge is 0.346 e. The topological polar surface area (TPSA) is 68.9 Å². The zero-order valence-electron chi connectivity index (χ0n) is 12.8. The third-order valence-electron chi connectivity index (χ3n) is 3.57. The first-order valence-electron chi connectivity index (χ1n) is 7.07. The van der Waals surface area contributed by atoms with Crippen LogP contribution in [0.2, 0.25) is 0 Å². The van der Waals surface area contributed by atoms with Crippen LogP contribution in [0.3, 0.4) is 0 Å². The highest BCUT2D eigenvalue weighted by Crippen LogP contribution is 2.16. The Hall–Kier alpha value is -2.44. The van der Waals surface area contributed by atoms with Gasteiger partial charge >= 0.3 is 5.69 Å². The van der Waals surface area contributed by atoms with Gasteiger partial charge in [-0.2, -0.15) is 5.10 Å². The lowest BCUT2D eigenvalue weighted by atomic mass is 10.0. The van der Waals surface area contributed by atoms with Crippen LogP contribution < -0.4 is 11.0 Å². The van der Waals surface area contributed by atoms with Crippen molar-refractivity contribution in [1.82, 2.24) is 19.7 Å². The van der Waals surface area contributed by atoms with Crippen LogP contribution in [0.5, 0.6) is 0 Å². The van der Waals surface area contributed by atoms with E-state index in [0.29, 0.717) is 12.2 Å². The SMILES string of the molecule is CCC(NC(=O)Cn1nc(C)n(C)c1=O)c1ccc(F)cc1. The lowest BCUT2D eigenvalue weighted by Crippen LogP contribution is -2.35. The molecule has 0 aliphatic rings. The number of carbonyl (C=O) groups is 1. The zero-order valence-corrected chi connectivity index (χ0v) is 12.8. The van der Waals surface area contributed by atoms with Crippen LogP contribution in [0.25, 0.3) is 0 Å². The first-order valence-corrected chi connectivity index (χ1v) is 7.07. The third-order valence-corrected chi connectivity index (χ3v) is 3.57. The molecule has 2 aromatic rings. The highest BCUT2D eigenvalue weighted by atomic mass is 19.1. The summed E-state index contributed by atoms with van der Waals surface area (Å²) in [6, 6.07) is 5.77. The second-order valence-electron chi connectivity index (χ2n) is 5.13. The van der Waals surface area contributed by atoms with Gasteiger partial charge in [-0.15, -0.1) is 0 Å². The highest BCUT2D eigenvalue weighted by molar-refractivity contribution is 5.76. The van der Waals surface area contributed by atoms with Crippen molar-refractivity contribution >= 4 is 5.91 Å². The molecule has 0 bridgehead atoms. The van der Waals surface area contributed by atoms with Crippen molar-refractivity contribution in [3.05, 3.63) is 52.0 Å². The van der Waals surface area contributed by atoms with E-state index < -0.39 is 0 Å². The van der Waals surface area contributed by atoms with Crippen LogP contribution in [0, 0.1) is 12.7 Å². The third kappa shape index (κ3) is 3.41. The first-order chi connectivity index (χ1) is 10.4. The number of benzene rings is 1. The van der Waals surface area contributed by atoms with Gasteiger partial charge < -0.3 is 5.32 Å². The minimum Gasteiger partial charge on any atom is -0.348 e. The van der Waals surface area contributed by atoms with E-state index in [0.717, 1.165) is 10.2 Å². The molecule has 1 aromatic carbocycles. The van der Waals surface area contributed by atoms with E-state index in [1.807, 2.05) is 6.92 Å². The molecule has 1 aromatic heterocycles. The quantitative estimate of drug-likeness (QED) is 0.905. The van der Waals surface area contributed by atoms with Crippen molar-refractivity contribution in [2.24, 2.45) is 7.05 Å².